The zero-order valence-electron chi connectivity index (χ0n) is 12.3. The van der Waals surface area contributed by atoms with E-state index in [1.54, 1.807) is 0 Å². The van der Waals surface area contributed by atoms with Crippen LogP contribution < -0.4 is 5.32 Å². The largest absolute Gasteiger partial charge is 0.317 e. The summed E-state index contributed by atoms with van der Waals surface area (Å²) in [7, 11) is 2.01. The van der Waals surface area contributed by atoms with E-state index in [0.717, 1.165) is 6.42 Å². The Bertz CT molecular complexity index is 540. The lowest BCUT2D eigenvalue weighted by Crippen LogP contribution is -2.23. The highest BCUT2D eigenvalue weighted by Crippen LogP contribution is 2.24. The zero-order chi connectivity index (χ0) is 13.8. The first kappa shape index (κ1) is 13.8. The first-order valence-corrected chi connectivity index (χ1v) is 6.94. The van der Waals surface area contributed by atoms with Gasteiger partial charge in [0, 0.05) is 6.04 Å². The van der Waals surface area contributed by atoms with Crippen LogP contribution in [-0.2, 0) is 6.42 Å². The Morgan fingerprint density at radius 1 is 1.00 bits per heavy atom. The van der Waals surface area contributed by atoms with Crippen molar-refractivity contribution in [2.24, 2.45) is 0 Å². The average molecular weight is 253 g/mol. The van der Waals surface area contributed by atoms with Crippen molar-refractivity contribution in [1.82, 2.24) is 5.32 Å². The van der Waals surface area contributed by atoms with E-state index in [1.807, 2.05) is 7.05 Å². The SMILES string of the molecule is CNC(C)Cc1ccc(-c2ccc(C)cc2C)cc1. The Kier molecular flexibility index (Phi) is 4.39. The molecule has 0 spiro atoms. The molecule has 1 unspecified atom stereocenters. The highest BCUT2D eigenvalue weighted by molar-refractivity contribution is 5.67. The minimum Gasteiger partial charge on any atom is -0.317 e. The van der Waals surface area contributed by atoms with Crippen LogP contribution in [0.2, 0.25) is 0 Å². The average Bonchev–Trinajstić information content (AvgIpc) is 2.40. The van der Waals surface area contributed by atoms with Crippen molar-refractivity contribution in [3.05, 3.63) is 59.2 Å². The van der Waals surface area contributed by atoms with E-state index >= 15 is 0 Å². The van der Waals surface area contributed by atoms with Gasteiger partial charge in [0.25, 0.3) is 0 Å². The maximum atomic E-state index is 3.28. The van der Waals surface area contributed by atoms with Crippen molar-refractivity contribution >= 4 is 0 Å². The Morgan fingerprint density at radius 3 is 2.26 bits per heavy atom. The quantitative estimate of drug-likeness (QED) is 0.864. The summed E-state index contributed by atoms with van der Waals surface area (Å²) in [6.45, 7) is 6.52. The third-order valence-corrected chi connectivity index (χ3v) is 3.68. The smallest absolute Gasteiger partial charge is 0.00761 e. The Balaban J connectivity index is 2.22. The molecule has 2 rings (SSSR count). The lowest BCUT2D eigenvalue weighted by molar-refractivity contribution is 0.608. The molecule has 1 N–H and O–H groups in total. The standard InChI is InChI=1S/C18H23N/c1-13-5-10-18(14(2)11-13)17-8-6-16(7-9-17)12-15(3)19-4/h5-11,15,19H,12H2,1-4H3. The van der Waals surface area contributed by atoms with E-state index in [1.165, 1.54) is 27.8 Å². The summed E-state index contributed by atoms with van der Waals surface area (Å²) in [5.41, 5.74) is 6.68. The van der Waals surface area contributed by atoms with Crippen LogP contribution in [-0.4, -0.2) is 13.1 Å². The van der Waals surface area contributed by atoms with Gasteiger partial charge in [-0.05, 0) is 56.5 Å². The number of aryl methyl sites for hydroxylation is 2. The summed E-state index contributed by atoms with van der Waals surface area (Å²) < 4.78 is 0. The van der Waals surface area contributed by atoms with Crippen molar-refractivity contribution < 1.29 is 0 Å². The number of benzene rings is 2. The first-order valence-electron chi connectivity index (χ1n) is 6.94. The Labute approximate surface area is 116 Å². The molecule has 1 heteroatoms. The van der Waals surface area contributed by atoms with Crippen LogP contribution in [0, 0.1) is 13.8 Å². The van der Waals surface area contributed by atoms with Crippen molar-refractivity contribution in [3.63, 3.8) is 0 Å². The minimum absolute atomic E-state index is 0.520. The third-order valence-electron chi connectivity index (χ3n) is 3.68. The molecule has 1 nitrogen and oxygen atoms in total. The third kappa shape index (κ3) is 3.45. The van der Waals surface area contributed by atoms with Crippen LogP contribution in [0.5, 0.6) is 0 Å². The predicted octanol–water partition coefficient (Wildman–Crippen LogP) is 4.12. The number of likely N-dealkylation sites (N-methyl/N-ethyl adjacent to an activating group) is 1. The minimum atomic E-state index is 0.520. The first-order chi connectivity index (χ1) is 9.10. The van der Waals surface area contributed by atoms with Crippen LogP contribution in [0.4, 0.5) is 0 Å². The molecule has 0 saturated carbocycles. The van der Waals surface area contributed by atoms with Gasteiger partial charge in [0.05, 0.1) is 0 Å². The molecule has 0 heterocycles. The molecule has 100 valence electrons. The molecule has 0 radical (unpaired) electrons. The molecule has 0 aliphatic carbocycles. The van der Waals surface area contributed by atoms with Gasteiger partial charge < -0.3 is 5.32 Å². The van der Waals surface area contributed by atoms with Gasteiger partial charge in [-0.25, -0.2) is 0 Å². The van der Waals surface area contributed by atoms with E-state index in [4.69, 9.17) is 0 Å². The molecule has 0 aliphatic heterocycles. The van der Waals surface area contributed by atoms with Gasteiger partial charge in [-0.1, -0.05) is 48.0 Å². The molecule has 0 saturated heterocycles. The van der Waals surface area contributed by atoms with E-state index < -0.39 is 0 Å². The van der Waals surface area contributed by atoms with Gasteiger partial charge in [0.1, 0.15) is 0 Å². The van der Waals surface area contributed by atoms with E-state index in [9.17, 15) is 0 Å². The topological polar surface area (TPSA) is 12.0 Å². The van der Waals surface area contributed by atoms with Crippen LogP contribution in [0.25, 0.3) is 11.1 Å². The second-order valence-corrected chi connectivity index (χ2v) is 5.41. The predicted molar refractivity (Wildman–Crippen MR) is 83.6 cm³/mol. The number of hydrogen-bond donors (Lipinski definition) is 1. The van der Waals surface area contributed by atoms with Crippen molar-refractivity contribution in [2.75, 3.05) is 7.05 Å². The monoisotopic (exact) mass is 253 g/mol. The fraction of sp³-hybridized carbons (Fsp3) is 0.333. The lowest BCUT2D eigenvalue weighted by Gasteiger charge is -2.11. The summed E-state index contributed by atoms with van der Waals surface area (Å²) in [4.78, 5) is 0. The summed E-state index contributed by atoms with van der Waals surface area (Å²) >= 11 is 0. The molecule has 19 heavy (non-hydrogen) atoms. The van der Waals surface area contributed by atoms with Crippen LogP contribution in [0.1, 0.15) is 23.6 Å². The number of nitrogens with one attached hydrogen (secondary N) is 1. The fourth-order valence-electron chi connectivity index (χ4n) is 2.41. The molecular formula is C18H23N. The summed E-state index contributed by atoms with van der Waals surface area (Å²) in [6, 6.07) is 16.1. The Morgan fingerprint density at radius 2 is 1.68 bits per heavy atom. The normalized spacial score (nSPS) is 12.4. The molecule has 0 bridgehead atoms. The molecule has 1 atom stereocenters. The van der Waals surface area contributed by atoms with Gasteiger partial charge in [-0.2, -0.15) is 0 Å². The van der Waals surface area contributed by atoms with Gasteiger partial charge >= 0.3 is 0 Å². The maximum absolute atomic E-state index is 3.28. The maximum Gasteiger partial charge on any atom is 0.00761 e. The van der Waals surface area contributed by atoms with Crippen molar-refractivity contribution in [3.8, 4) is 11.1 Å². The molecule has 0 aliphatic rings. The summed E-state index contributed by atoms with van der Waals surface area (Å²) in [6.07, 6.45) is 1.07. The molecular weight excluding hydrogens is 230 g/mol. The lowest BCUT2D eigenvalue weighted by atomic mass is 9.97. The van der Waals surface area contributed by atoms with Crippen LogP contribution >= 0.6 is 0 Å². The van der Waals surface area contributed by atoms with Gasteiger partial charge in [0.2, 0.25) is 0 Å². The molecule has 2 aromatic carbocycles. The number of hydrogen-bond acceptors (Lipinski definition) is 1. The summed E-state index contributed by atoms with van der Waals surface area (Å²) in [5.74, 6) is 0. The van der Waals surface area contributed by atoms with Crippen molar-refractivity contribution in [2.45, 2.75) is 33.2 Å². The second-order valence-electron chi connectivity index (χ2n) is 5.41. The molecule has 0 fully saturated rings. The zero-order valence-corrected chi connectivity index (χ0v) is 12.3. The van der Waals surface area contributed by atoms with Crippen molar-refractivity contribution in [1.29, 1.82) is 0 Å². The van der Waals surface area contributed by atoms with Crippen LogP contribution in [0.15, 0.2) is 42.5 Å². The highest BCUT2D eigenvalue weighted by atomic mass is 14.8. The van der Waals surface area contributed by atoms with E-state index in [0.29, 0.717) is 6.04 Å². The molecule has 2 aromatic rings. The highest BCUT2D eigenvalue weighted by Gasteiger charge is 2.04. The summed E-state index contributed by atoms with van der Waals surface area (Å²) in [5, 5.41) is 3.28. The van der Waals surface area contributed by atoms with E-state index in [-0.39, 0.29) is 0 Å². The molecule has 0 aromatic heterocycles. The van der Waals surface area contributed by atoms with E-state index in [2.05, 4.69) is 68.6 Å². The van der Waals surface area contributed by atoms with Gasteiger partial charge in [-0.15, -0.1) is 0 Å². The van der Waals surface area contributed by atoms with Gasteiger partial charge in [-0.3, -0.25) is 0 Å². The van der Waals surface area contributed by atoms with Gasteiger partial charge in [0.15, 0.2) is 0 Å². The molecule has 0 amide bonds. The Hall–Kier alpha value is -1.60. The van der Waals surface area contributed by atoms with Crippen LogP contribution in [0.3, 0.4) is 0 Å². The fourth-order valence-corrected chi connectivity index (χ4v) is 2.41. The second kappa shape index (κ2) is 6.03. The number of rotatable bonds is 4.